The molecule has 0 radical (unpaired) electrons. The number of benzene rings is 1. The molecule has 5 nitrogen and oxygen atoms in total. The van der Waals surface area contributed by atoms with E-state index in [4.69, 9.17) is 4.74 Å². The first-order chi connectivity index (χ1) is 9.65. The van der Waals surface area contributed by atoms with E-state index in [1.165, 1.54) is 0 Å². The summed E-state index contributed by atoms with van der Waals surface area (Å²) in [5.74, 6) is 0.817. The maximum Gasteiger partial charge on any atom is 0.240 e. The van der Waals surface area contributed by atoms with Crippen molar-refractivity contribution in [2.75, 3.05) is 19.7 Å². The third kappa shape index (κ3) is 3.88. The topological polar surface area (TPSA) is 67.4 Å². The number of ether oxygens (including phenoxy) is 1. The van der Waals surface area contributed by atoms with Crippen molar-refractivity contribution in [2.45, 2.75) is 36.6 Å². The highest BCUT2D eigenvalue weighted by Crippen LogP contribution is 2.27. The summed E-state index contributed by atoms with van der Waals surface area (Å²) in [6, 6.07) is 5.19. The minimum Gasteiger partial charge on any atom is -0.493 e. The van der Waals surface area contributed by atoms with Crippen molar-refractivity contribution in [3.8, 4) is 5.75 Å². The number of halogens is 1. The minimum atomic E-state index is -3.43. The van der Waals surface area contributed by atoms with Gasteiger partial charge in [-0.3, -0.25) is 0 Å². The summed E-state index contributed by atoms with van der Waals surface area (Å²) in [5, 5.41) is 3.23. The third-order valence-electron chi connectivity index (χ3n) is 3.85. The van der Waals surface area contributed by atoms with E-state index >= 15 is 0 Å². The van der Waals surface area contributed by atoms with Gasteiger partial charge in [0.15, 0.2) is 0 Å². The van der Waals surface area contributed by atoms with E-state index in [0.717, 1.165) is 50.1 Å². The molecule has 0 unspecified atom stereocenters. The van der Waals surface area contributed by atoms with Crippen LogP contribution in [-0.2, 0) is 16.4 Å². The minimum absolute atomic E-state index is 0. The van der Waals surface area contributed by atoms with Gasteiger partial charge in [0.05, 0.1) is 11.5 Å². The number of hydrogen-bond acceptors (Lipinski definition) is 4. The van der Waals surface area contributed by atoms with Crippen molar-refractivity contribution in [1.82, 2.24) is 10.0 Å². The van der Waals surface area contributed by atoms with Crippen LogP contribution in [0.3, 0.4) is 0 Å². The van der Waals surface area contributed by atoms with Gasteiger partial charge < -0.3 is 10.1 Å². The average Bonchev–Trinajstić information content (AvgIpc) is 2.47. The average molecular weight is 333 g/mol. The van der Waals surface area contributed by atoms with Crippen LogP contribution in [-0.4, -0.2) is 34.2 Å². The van der Waals surface area contributed by atoms with Gasteiger partial charge in [0, 0.05) is 6.04 Å². The Bertz CT molecular complexity index is 586. The molecule has 0 aliphatic carbocycles. The van der Waals surface area contributed by atoms with Crippen LogP contribution in [0.25, 0.3) is 0 Å². The Morgan fingerprint density at radius 1 is 1.24 bits per heavy atom. The summed E-state index contributed by atoms with van der Waals surface area (Å²) >= 11 is 0. The molecule has 0 atom stereocenters. The number of fused-ring (bicyclic) bond motifs is 1. The Labute approximate surface area is 131 Å². The summed E-state index contributed by atoms with van der Waals surface area (Å²) < 4.78 is 33.2. The normalized spacial score (nSPS) is 19.2. The SMILES string of the molecule is Cl.O=S(=O)(NC1CCNCC1)c1ccc2c(c1)CCCO2. The molecule has 0 spiro atoms. The first kappa shape index (κ1) is 16.5. The number of sulfonamides is 1. The summed E-state index contributed by atoms with van der Waals surface area (Å²) in [7, 11) is -3.43. The van der Waals surface area contributed by atoms with Gasteiger partial charge in [-0.2, -0.15) is 0 Å². The molecule has 21 heavy (non-hydrogen) atoms. The van der Waals surface area contributed by atoms with E-state index in [2.05, 4.69) is 10.0 Å². The molecule has 7 heteroatoms. The highest BCUT2D eigenvalue weighted by Gasteiger charge is 2.23. The monoisotopic (exact) mass is 332 g/mol. The molecular formula is C14H21ClN2O3S. The number of hydrogen-bond donors (Lipinski definition) is 2. The first-order valence-electron chi connectivity index (χ1n) is 7.14. The molecule has 1 aromatic rings. The Balaban J connectivity index is 0.00000161. The molecule has 2 N–H and O–H groups in total. The van der Waals surface area contributed by atoms with E-state index in [0.29, 0.717) is 11.5 Å². The molecular weight excluding hydrogens is 312 g/mol. The summed E-state index contributed by atoms with van der Waals surface area (Å²) in [4.78, 5) is 0.347. The van der Waals surface area contributed by atoms with Crippen molar-refractivity contribution in [2.24, 2.45) is 0 Å². The quantitative estimate of drug-likeness (QED) is 0.879. The lowest BCUT2D eigenvalue weighted by Gasteiger charge is -2.24. The van der Waals surface area contributed by atoms with E-state index < -0.39 is 10.0 Å². The molecule has 0 bridgehead atoms. The van der Waals surface area contributed by atoms with Crippen molar-refractivity contribution in [3.63, 3.8) is 0 Å². The van der Waals surface area contributed by atoms with Gasteiger partial charge in [-0.15, -0.1) is 12.4 Å². The maximum absolute atomic E-state index is 12.4. The molecule has 118 valence electrons. The lowest BCUT2D eigenvalue weighted by atomic mass is 10.1. The van der Waals surface area contributed by atoms with Crippen LogP contribution in [0.4, 0.5) is 0 Å². The molecule has 0 aromatic heterocycles. The van der Waals surface area contributed by atoms with Gasteiger partial charge >= 0.3 is 0 Å². The van der Waals surface area contributed by atoms with Gasteiger partial charge in [-0.1, -0.05) is 0 Å². The Morgan fingerprint density at radius 3 is 2.76 bits per heavy atom. The van der Waals surface area contributed by atoms with Gasteiger partial charge in [-0.25, -0.2) is 13.1 Å². The number of piperidine rings is 1. The first-order valence-corrected chi connectivity index (χ1v) is 8.62. The summed E-state index contributed by atoms with van der Waals surface area (Å²) in [5.41, 5.74) is 0.990. The predicted molar refractivity (Wildman–Crippen MR) is 83.7 cm³/mol. The molecule has 2 aliphatic heterocycles. The van der Waals surface area contributed by atoms with Crippen LogP contribution in [0.15, 0.2) is 23.1 Å². The predicted octanol–water partition coefficient (Wildman–Crippen LogP) is 1.46. The Kier molecular flexibility index (Phi) is 5.48. The smallest absolute Gasteiger partial charge is 0.240 e. The number of nitrogens with one attached hydrogen (secondary N) is 2. The van der Waals surface area contributed by atoms with E-state index in [1.807, 2.05) is 0 Å². The highest BCUT2D eigenvalue weighted by molar-refractivity contribution is 7.89. The third-order valence-corrected chi connectivity index (χ3v) is 5.37. The van der Waals surface area contributed by atoms with Crippen LogP contribution in [0.1, 0.15) is 24.8 Å². The van der Waals surface area contributed by atoms with E-state index in [-0.39, 0.29) is 18.4 Å². The van der Waals surface area contributed by atoms with Gasteiger partial charge in [0.25, 0.3) is 0 Å². The Hall–Kier alpha value is -0.820. The molecule has 1 fully saturated rings. The fourth-order valence-electron chi connectivity index (χ4n) is 2.73. The van der Waals surface area contributed by atoms with Crippen molar-refractivity contribution in [3.05, 3.63) is 23.8 Å². The molecule has 2 heterocycles. The van der Waals surface area contributed by atoms with E-state index in [1.54, 1.807) is 18.2 Å². The zero-order valence-corrected chi connectivity index (χ0v) is 13.4. The van der Waals surface area contributed by atoms with Crippen LogP contribution in [0.2, 0.25) is 0 Å². The largest absolute Gasteiger partial charge is 0.493 e. The molecule has 0 saturated carbocycles. The number of aryl methyl sites for hydroxylation is 1. The lowest BCUT2D eigenvalue weighted by Crippen LogP contribution is -2.42. The standard InChI is InChI=1S/C14H20N2O3S.ClH/c17-20(18,16-12-5-7-15-8-6-12)13-3-4-14-11(10-13)2-1-9-19-14;/h3-4,10,12,15-16H,1-2,5-9H2;1H. The number of rotatable bonds is 3. The molecule has 1 aromatic carbocycles. The highest BCUT2D eigenvalue weighted by atomic mass is 35.5. The summed E-state index contributed by atoms with van der Waals surface area (Å²) in [6.07, 6.45) is 3.50. The Morgan fingerprint density at radius 2 is 2.00 bits per heavy atom. The van der Waals surface area contributed by atoms with Gasteiger partial charge in [0.2, 0.25) is 10.0 Å². The van der Waals surface area contributed by atoms with Crippen molar-refractivity contribution >= 4 is 22.4 Å². The lowest BCUT2D eigenvalue weighted by molar-refractivity contribution is 0.288. The molecule has 1 saturated heterocycles. The molecule has 2 aliphatic rings. The van der Waals surface area contributed by atoms with Crippen molar-refractivity contribution < 1.29 is 13.2 Å². The maximum atomic E-state index is 12.4. The molecule has 3 rings (SSSR count). The second-order valence-electron chi connectivity index (χ2n) is 5.37. The summed E-state index contributed by atoms with van der Waals surface area (Å²) in [6.45, 7) is 2.45. The second-order valence-corrected chi connectivity index (χ2v) is 7.08. The van der Waals surface area contributed by atoms with E-state index in [9.17, 15) is 8.42 Å². The fraction of sp³-hybridized carbons (Fsp3) is 0.571. The zero-order chi connectivity index (χ0) is 14.0. The van der Waals surface area contributed by atoms with Crippen LogP contribution < -0.4 is 14.8 Å². The van der Waals surface area contributed by atoms with Gasteiger partial charge in [0.1, 0.15) is 5.75 Å². The van der Waals surface area contributed by atoms with Crippen LogP contribution in [0.5, 0.6) is 5.75 Å². The van der Waals surface area contributed by atoms with Gasteiger partial charge in [-0.05, 0) is 62.5 Å². The van der Waals surface area contributed by atoms with Crippen molar-refractivity contribution in [1.29, 1.82) is 0 Å². The molecule has 0 amide bonds. The fourth-order valence-corrected chi connectivity index (χ4v) is 4.09. The second kappa shape index (κ2) is 6.96. The van der Waals surface area contributed by atoms with Crippen LogP contribution >= 0.6 is 12.4 Å². The van der Waals surface area contributed by atoms with Crippen LogP contribution in [0, 0.1) is 0 Å². The zero-order valence-electron chi connectivity index (χ0n) is 11.8.